The largest absolute Gasteiger partial charge is 0.326 e. The Kier molecular flexibility index (Phi) is 4.02. The first-order valence-corrected chi connectivity index (χ1v) is 7.59. The van der Waals surface area contributed by atoms with Crippen molar-refractivity contribution < 1.29 is 14.5 Å². The first kappa shape index (κ1) is 15.1. The molecule has 2 N–H and O–H groups in total. The van der Waals surface area contributed by atoms with Crippen molar-refractivity contribution >= 4 is 34.1 Å². The van der Waals surface area contributed by atoms with E-state index in [-0.39, 0.29) is 27.6 Å². The number of amides is 2. The normalized spacial score (nSPS) is 17.2. The number of nitro groups is 1. The molecule has 0 saturated carbocycles. The summed E-state index contributed by atoms with van der Waals surface area (Å²) in [6.07, 6.45) is 2.48. The molecule has 1 atom stereocenters. The van der Waals surface area contributed by atoms with Gasteiger partial charge in [-0.15, -0.1) is 0 Å². The SMILES string of the molecule is O=C(Nc1ncn[nH]1)[C@H]1CCCN1C(=O)c1ccc([N+](=O)[O-])s1. The van der Waals surface area contributed by atoms with E-state index in [1.807, 2.05) is 0 Å². The van der Waals surface area contributed by atoms with E-state index in [0.29, 0.717) is 19.4 Å². The van der Waals surface area contributed by atoms with Crippen LogP contribution >= 0.6 is 11.3 Å². The van der Waals surface area contributed by atoms with Gasteiger partial charge in [0.15, 0.2) is 0 Å². The Balaban J connectivity index is 1.73. The Morgan fingerprint density at radius 1 is 1.48 bits per heavy atom. The average Bonchev–Trinajstić information content (AvgIpc) is 3.26. The lowest BCUT2D eigenvalue weighted by Crippen LogP contribution is -2.43. The van der Waals surface area contributed by atoms with Crippen molar-refractivity contribution in [3.63, 3.8) is 0 Å². The van der Waals surface area contributed by atoms with Gasteiger partial charge >= 0.3 is 5.00 Å². The number of carbonyl (C=O) groups is 2. The summed E-state index contributed by atoms with van der Waals surface area (Å²) in [5.74, 6) is -0.530. The number of carbonyl (C=O) groups excluding carboxylic acids is 2. The Bertz CT molecular complexity index is 743. The minimum atomic E-state index is -0.631. The van der Waals surface area contributed by atoms with Crippen molar-refractivity contribution in [3.05, 3.63) is 33.5 Å². The van der Waals surface area contributed by atoms with Gasteiger partial charge in [0.2, 0.25) is 11.9 Å². The number of anilines is 1. The second-order valence-electron chi connectivity index (χ2n) is 4.87. The number of aromatic amines is 1. The van der Waals surface area contributed by atoms with Crippen molar-refractivity contribution in [2.75, 3.05) is 11.9 Å². The highest BCUT2D eigenvalue weighted by Gasteiger charge is 2.35. The Morgan fingerprint density at radius 2 is 2.30 bits per heavy atom. The smallest absolute Gasteiger partial charge is 0.324 e. The number of H-pyrrole nitrogens is 1. The maximum absolute atomic E-state index is 12.5. The molecule has 2 aromatic rings. The van der Waals surface area contributed by atoms with Gasteiger partial charge in [-0.05, 0) is 18.9 Å². The van der Waals surface area contributed by atoms with Gasteiger partial charge < -0.3 is 4.90 Å². The standard InChI is InChI=1S/C12H12N6O4S/c19-10(15-12-13-6-14-16-12)7-2-1-5-17(7)11(20)8-3-4-9(23-8)18(21)22/h3-4,6-7H,1-2,5H2,(H2,13,14,15,16,19)/t7-/m1/s1. The third-order valence-corrected chi connectivity index (χ3v) is 4.48. The molecule has 0 aliphatic carbocycles. The van der Waals surface area contributed by atoms with Crippen LogP contribution in [0.4, 0.5) is 10.9 Å². The van der Waals surface area contributed by atoms with Crippen LogP contribution in [0, 0.1) is 10.1 Å². The van der Waals surface area contributed by atoms with Gasteiger partial charge in [-0.2, -0.15) is 10.1 Å². The Morgan fingerprint density at radius 3 is 2.96 bits per heavy atom. The van der Waals surface area contributed by atoms with Gasteiger partial charge in [0.25, 0.3) is 5.91 Å². The minimum absolute atomic E-state index is 0.102. The van der Waals surface area contributed by atoms with E-state index in [9.17, 15) is 19.7 Å². The fourth-order valence-electron chi connectivity index (χ4n) is 2.43. The van der Waals surface area contributed by atoms with Crippen molar-refractivity contribution in [1.82, 2.24) is 20.1 Å². The van der Waals surface area contributed by atoms with Crippen molar-refractivity contribution in [2.24, 2.45) is 0 Å². The molecule has 0 bridgehead atoms. The quantitative estimate of drug-likeness (QED) is 0.632. The molecule has 0 unspecified atom stereocenters. The van der Waals surface area contributed by atoms with Crippen LogP contribution in [0.1, 0.15) is 22.5 Å². The van der Waals surface area contributed by atoms with Crippen LogP contribution in [-0.4, -0.2) is 49.4 Å². The number of aromatic nitrogens is 3. The zero-order valence-electron chi connectivity index (χ0n) is 11.8. The zero-order valence-corrected chi connectivity index (χ0v) is 12.6. The van der Waals surface area contributed by atoms with Gasteiger partial charge in [0.05, 0.1) is 9.80 Å². The summed E-state index contributed by atoms with van der Waals surface area (Å²) in [4.78, 5) is 40.4. The second kappa shape index (κ2) is 6.12. The monoisotopic (exact) mass is 336 g/mol. The highest BCUT2D eigenvalue weighted by Crippen LogP contribution is 2.28. The molecule has 1 aliphatic heterocycles. The lowest BCUT2D eigenvalue weighted by Gasteiger charge is -2.22. The van der Waals surface area contributed by atoms with E-state index in [4.69, 9.17) is 0 Å². The molecule has 3 rings (SSSR count). The molecule has 0 spiro atoms. The number of likely N-dealkylation sites (tertiary alicyclic amines) is 1. The molecule has 1 saturated heterocycles. The molecule has 0 aromatic carbocycles. The highest BCUT2D eigenvalue weighted by molar-refractivity contribution is 7.17. The Hall–Kier alpha value is -2.82. The van der Waals surface area contributed by atoms with Gasteiger partial charge in [-0.25, -0.2) is 5.10 Å². The summed E-state index contributed by atoms with van der Waals surface area (Å²) in [5.41, 5.74) is 0. The van der Waals surface area contributed by atoms with Crippen LogP contribution in [0.25, 0.3) is 0 Å². The maximum atomic E-state index is 12.5. The van der Waals surface area contributed by atoms with Gasteiger partial charge in [-0.3, -0.25) is 25.0 Å². The molecule has 11 heteroatoms. The van der Waals surface area contributed by atoms with Crippen LogP contribution in [0.5, 0.6) is 0 Å². The fraction of sp³-hybridized carbons (Fsp3) is 0.333. The predicted octanol–water partition coefficient (Wildman–Crippen LogP) is 1.02. The van der Waals surface area contributed by atoms with Gasteiger partial charge in [0, 0.05) is 12.6 Å². The van der Waals surface area contributed by atoms with Gasteiger partial charge in [0.1, 0.15) is 12.4 Å². The van der Waals surface area contributed by atoms with E-state index >= 15 is 0 Å². The van der Waals surface area contributed by atoms with E-state index in [1.165, 1.54) is 23.4 Å². The average molecular weight is 336 g/mol. The fourth-order valence-corrected chi connectivity index (χ4v) is 3.21. The van der Waals surface area contributed by atoms with Crippen LogP contribution < -0.4 is 5.32 Å². The first-order valence-electron chi connectivity index (χ1n) is 6.77. The first-order chi connectivity index (χ1) is 11.1. The maximum Gasteiger partial charge on any atom is 0.324 e. The topological polar surface area (TPSA) is 134 Å². The van der Waals surface area contributed by atoms with Crippen molar-refractivity contribution in [1.29, 1.82) is 0 Å². The van der Waals surface area contributed by atoms with Crippen LogP contribution in [0.15, 0.2) is 18.5 Å². The third kappa shape index (κ3) is 3.04. The molecule has 2 aromatic heterocycles. The lowest BCUT2D eigenvalue weighted by atomic mass is 10.2. The van der Waals surface area contributed by atoms with Crippen molar-refractivity contribution in [3.8, 4) is 0 Å². The lowest BCUT2D eigenvalue weighted by molar-refractivity contribution is -0.380. The molecule has 1 fully saturated rings. The molecular formula is C12H12N6O4S. The zero-order chi connectivity index (χ0) is 16.4. The minimum Gasteiger partial charge on any atom is -0.326 e. The number of rotatable bonds is 4. The number of thiophene rings is 1. The van der Waals surface area contributed by atoms with Crippen LogP contribution in [0.2, 0.25) is 0 Å². The molecule has 120 valence electrons. The summed E-state index contributed by atoms with van der Waals surface area (Å²) >= 11 is 0.805. The summed E-state index contributed by atoms with van der Waals surface area (Å²) in [6.45, 7) is 0.430. The predicted molar refractivity (Wildman–Crippen MR) is 80.0 cm³/mol. The van der Waals surface area contributed by atoms with E-state index in [2.05, 4.69) is 20.5 Å². The number of nitrogens with zero attached hydrogens (tertiary/aromatic N) is 4. The summed E-state index contributed by atoms with van der Waals surface area (Å²) in [6, 6.07) is 2.07. The number of hydrogen-bond donors (Lipinski definition) is 2. The van der Waals surface area contributed by atoms with E-state index < -0.39 is 11.0 Å². The van der Waals surface area contributed by atoms with E-state index in [0.717, 1.165) is 11.3 Å². The summed E-state index contributed by atoms with van der Waals surface area (Å²) < 4.78 is 0. The number of nitrogens with one attached hydrogen (secondary N) is 2. The van der Waals surface area contributed by atoms with Crippen LogP contribution in [0.3, 0.4) is 0 Å². The number of hydrogen-bond acceptors (Lipinski definition) is 7. The molecule has 0 radical (unpaired) electrons. The van der Waals surface area contributed by atoms with Crippen LogP contribution in [-0.2, 0) is 4.79 Å². The second-order valence-corrected chi connectivity index (χ2v) is 5.94. The molecule has 10 nitrogen and oxygen atoms in total. The molecular weight excluding hydrogens is 324 g/mol. The molecule has 3 heterocycles. The third-order valence-electron chi connectivity index (χ3n) is 3.46. The van der Waals surface area contributed by atoms with Crippen molar-refractivity contribution in [2.45, 2.75) is 18.9 Å². The Labute approximate surface area is 133 Å². The highest BCUT2D eigenvalue weighted by atomic mass is 32.1. The summed E-state index contributed by atoms with van der Waals surface area (Å²) in [5, 5.41) is 19.3. The van der Waals surface area contributed by atoms with Gasteiger partial charge in [-0.1, -0.05) is 11.3 Å². The molecule has 23 heavy (non-hydrogen) atoms. The molecule has 2 amide bonds. The summed E-state index contributed by atoms with van der Waals surface area (Å²) in [7, 11) is 0. The van der Waals surface area contributed by atoms with E-state index in [1.54, 1.807) is 0 Å². The molecule has 1 aliphatic rings.